The summed E-state index contributed by atoms with van der Waals surface area (Å²) in [4.78, 5) is 15.7. The Labute approximate surface area is 169 Å². The zero-order valence-electron chi connectivity index (χ0n) is 17.2. The number of carbonyl (C=O) groups excluding carboxylic acids is 1. The van der Waals surface area contributed by atoms with Crippen LogP contribution in [0.25, 0.3) is 0 Å². The Morgan fingerprint density at radius 2 is 1.75 bits per heavy atom. The second-order valence-electron chi connectivity index (χ2n) is 8.52. The Kier molecular flexibility index (Phi) is 5.54. The highest BCUT2D eigenvalue weighted by molar-refractivity contribution is 5.82. The van der Waals surface area contributed by atoms with Crippen LogP contribution in [0.3, 0.4) is 0 Å². The van der Waals surface area contributed by atoms with E-state index in [1.165, 1.54) is 16.7 Å². The molecule has 0 unspecified atom stereocenters. The van der Waals surface area contributed by atoms with E-state index in [2.05, 4.69) is 78.7 Å². The van der Waals surface area contributed by atoms with Gasteiger partial charge in [-0.3, -0.25) is 4.79 Å². The molecule has 3 heteroatoms. The Hall–Kier alpha value is -2.13. The van der Waals surface area contributed by atoms with E-state index in [1.54, 1.807) is 0 Å². The number of likely N-dealkylation sites (tertiary alicyclic amines) is 1. The molecule has 28 heavy (non-hydrogen) atoms. The van der Waals surface area contributed by atoms with Crippen LogP contribution in [0.1, 0.15) is 48.8 Å². The van der Waals surface area contributed by atoms with Crippen molar-refractivity contribution in [2.45, 2.75) is 44.4 Å². The second kappa shape index (κ2) is 8.08. The summed E-state index contributed by atoms with van der Waals surface area (Å²) in [6, 6.07) is 19.4. The molecule has 0 saturated carbocycles. The quantitative estimate of drug-likeness (QED) is 0.864. The molecule has 2 aliphatic heterocycles. The third kappa shape index (κ3) is 3.37. The predicted octanol–water partition coefficient (Wildman–Crippen LogP) is 4.27. The normalized spacial score (nSPS) is 25.8. The minimum Gasteiger partial charge on any atom is -0.342 e. The standard InChI is InChI=1S/C25H32N2O/c1-3-25(22-12-8-7-9-19(22)2)18-26-17-23(25)24(28)27-15-13-21(14-16-27)20-10-5-4-6-11-20/h4-12,21,23,26H,3,13-18H2,1-2H3/t23-,25-/m0/s1. The number of nitrogens with one attached hydrogen (secondary N) is 1. The first-order valence-corrected chi connectivity index (χ1v) is 10.8. The number of carbonyl (C=O) groups is 1. The number of hydrogen-bond acceptors (Lipinski definition) is 2. The average molecular weight is 377 g/mol. The molecule has 0 bridgehead atoms. The molecule has 4 rings (SSSR count). The summed E-state index contributed by atoms with van der Waals surface area (Å²) in [6.45, 7) is 7.86. The molecular formula is C25H32N2O. The maximum absolute atomic E-state index is 13.6. The molecule has 0 spiro atoms. The van der Waals surface area contributed by atoms with E-state index in [-0.39, 0.29) is 11.3 Å². The topological polar surface area (TPSA) is 32.3 Å². The number of piperidine rings is 1. The first-order valence-electron chi connectivity index (χ1n) is 10.8. The summed E-state index contributed by atoms with van der Waals surface area (Å²) in [5.74, 6) is 0.966. The molecule has 2 aromatic carbocycles. The van der Waals surface area contributed by atoms with Crippen molar-refractivity contribution >= 4 is 5.91 Å². The van der Waals surface area contributed by atoms with Gasteiger partial charge >= 0.3 is 0 Å². The molecule has 0 aromatic heterocycles. The Balaban J connectivity index is 1.51. The zero-order valence-corrected chi connectivity index (χ0v) is 17.2. The van der Waals surface area contributed by atoms with Gasteiger partial charge in [0.05, 0.1) is 5.92 Å². The lowest BCUT2D eigenvalue weighted by atomic mass is 9.68. The fourth-order valence-corrected chi connectivity index (χ4v) is 5.44. The maximum Gasteiger partial charge on any atom is 0.227 e. The molecular weight excluding hydrogens is 344 g/mol. The third-order valence-electron chi connectivity index (χ3n) is 7.14. The number of aryl methyl sites for hydroxylation is 1. The summed E-state index contributed by atoms with van der Waals surface area (Å²) >= 11 is 0. The Morgan fingerprint density at radius 1 is 1.07 bits per heavy atom. The van der Waals surface area contributed by atoms with Gasteiger partial charge in [0.1, 0.15) is 0 Å². The number of hydrogen-bond donors (Lipinski definition) is 1. The van der Waals surface area contributed by atoms with Gasteiger partial charge in [-0.05, 0) is 48.8 Å². The average Bonchev–Trinajstić information content (AvgIpc) is 3.19. The van der Waals surface area contributed by atoms with Crippen molar-refractivity contribution in [3.05, 3.63) is 71.3 Å². The van der Waals surface area contributed by atoms with Gasteiger partial charge in [0.25, 0.3) is 0 Å². The van der Waals surface area contributed by atoms with Crippen LogP contribution in [0.5, 0.6) is 0 Å². The predicted molar refractivity (Wildman–Crippen MR) is 115 cm³/mol. The molecule has 0 aliphatic carbocycles. The number of amides is 1. The molecule has 0 radical (unpaired) electrons. The van der Waals surface area contributed by atoms with Crippen molar-refractivity contribution in [3.63, 3.8) is 0 Å². The highest BCUT2D eigenvalue weighted by Gasteiger charge is 2.48. The van der Waals surface area contributed by atoms with E-state index in [9.17, 15) is 4.79 Å². The third-order valence-corrected chi connectivity index (χ3v) is 7.14. The summed E-state index contributed by atoms with van der Waals surface area (Å²) < 4.78 is 0. The Morgan fingerprint density at radius 3 is 2.43 bits per heavy atom. The summed E-state index contributed by atoms with van der Waals surface area (Å²) in [5.41, 5.74) is 3.98. The highest BCUT2D eigenvalue weighted by Crippen LogP contribution is 2.41. The van der Waals surface area contributed by atoms with Gasteiger partial charge in [-0.1, -0.05) is 61.5 Å². The van der Waals surface area contributed by atoms with Crippen molar-refractivity contribution in [2.75, 3.05) is 26.2 Å². The van der Waals surface area contributed by atoms with E-state index in [0.717, 1.165) is 45.4 Å². The number of benzene rings is 2. The molecule has 3 nitrogen and oxygen atoms in total. The minimum atomic E-state index is -0.0846. The minimum absolute atomic E-state index is 0.0341. The van der Waals surface area contributed by atoms with Crippen molar-refractivity contribution < 1.29 is 4.79 Å². The van der Waals surface area contributed by atoms with Crippen molar-refractivity contribution in [3.8, 4) is 0 Å². The summed E-state index contributed by atoms with van der Waals surface area (Å²) in [6.07, 6.45) is 3.13. The lowest BCUT2D eigenvalue weighted by molar-refractivity contribution is -0.138. The summed E-state index contributed by atoms with van der Waals surface area (Å²) in [5, 5.41) is 3.55. The second-order valence-corrected chi connectivity index (χ2v) is 8.52. The van der Waals surface area contributed by atoms with Crippen LogP contribution in [-0.4, -0.2) is 37.0 Å². The molecule has 148 valence electrons. The molecule has 1 amide bonds. The van der Waals surface area contributed by atoms with Gasteiger partial charge in [0.2, 0.25) is 5.91 Å². The zero-order chi connectivity index (χ0) is 19.6. The largest absolute Gasteiger partial charge is 0.342 e. The lowest BCUT2D eigenvalue weighted by Crippen LogP contribution is -2.48. The first-order chi connectivity index (χ1) is 13.7. The fraction of sp³-hybridized carbons (Fsp3) is 0.480. The monoisotopic (exact) mass is 376 g/mol. The van der Waals surface area contributed by atoms with Crippen molar-refractivity contribution in [1.29, 1.82) is 0 Å². The van der Waals surface area contributed by atoms with Gasteiger partial charge in [0, 0.05) is 31.6 Å². The van der Waals surface area contributed by atoms with E-state index < -0.39 is 0 Å². The molecule has 2 fully saturated rings. The molecule has 2 heterocycles. The van der Waals surface area contributed by atoms with Gasteiger partial charge < -0.3 is 10.2 Å². The SMILES string of the molecule is CC[C@@]1(c2ccccc2C)CNC[C@H]1C(=O)N1CCC(c2ccccc2)CC1. The Bertz CT molecular complexity index is 810. The molecule has 2 saturated heterocycles. The van der Waals surface area contributed by atoms with E-state index in [4.69, 9.17) is 0 Å². The van der Waals surface area contributed by atoms with Crippen LogP contribution < -0.4 is 5.32 Å². The number of nitrogens with zero attached hydrogens (tertiary/aromatic N) is 1. The van der Waals surface area contributed by atoms with E-state index >= 15 is 0 Å². The van der Waals surface area contributed by atoms with Crippen LogP contribution in [-0.2, 0) is 10.2 Å². The highest BCUT2D eigenvalue weighted by atomic mass is 16.2. The lowest BCUT2D eigenvalue weighted by Gasteiger charge is -2.39. The molecule has 2 aromatic rings. The van der Waals surface area contributed by atoms with Crippen LogP contribution >= 0.6 is 0 Å². The van der Waals surface area contributed by atoms with Gasteiger partial charge in [0.15, 0.2) is 0 Å². The number of rotatable bonds is 4. The maximum atomic E-state index is 13.6. The summed E-state index contributed by atoms with van der Waals surface area (Å²) in [7, 11) is 0. The van der Waals surface area contributed by atoms with Gasteiger partial charge in [-0.2, -0.15) is 0 Å². The molecule has 2 atom stereocenters. The van der Waals surface area contributed by atoms with Crippen molar-refractivity contribution in [2.24, 2.45) is 5.92 Å². The van der Waals surface area contributed by atoms with Crippen LogP contribution in [0, 0.1) is 12.8 Å². The van der Waals surface area contributed by atoms with Crippen LogP contribution in [0.4, 0.5) is 0 Å². The molecule has 2 aliphatic rings. The first kappa shape index (κ1) is 19.2. The van der Waals surface area contributed by atoms with Gasteiger partial charge in [-0.25, -0.2) is 0 Å². The van der Waals surface area contributed by atoms with E-state index in [1.807, 2.05) is 0 Å². The van der Waals surface area contributed by atoms with Crippen LogP contribution in [0.2, 0.25) is 0 Å². The van der Waals surface area contributed by atoms with Crippen molar-refractivity contribution in [1.82, 2.24) is 10.2 Å². The smallest absolute Gasteiger partial charge is 0.227 e. The fourth-order valence-electron chi connectivity index (χ4n) is 5.44. The van der Waals surface area contributed by atoms with Gasteiger partial charge in [-0.15, -0.1) is 0 Å². The molecule has 1 N–H and O–H groups in total. The van der Waals surface area contributed by atoms with E-state index in [0.29, 0.717) is 11.8 Å². The van der Waals surface area contributed by atoms with Crippen LogP contribution in [0.15, 0.2) is 54.6 Å².